The van der Waals surface area contributed by atoms with Crippen LogP contribution in [0.4, 0.5) is 0 Å². The van der Waals surface area contributed by atoms with E-state index in [1.54, 1.807) is 0 Å². The minimum Gasteiger partial charge on any atom is -0.481 e. The second kappa shape index (κ2) is 6.22. The van der Waals surface area contributed by atoms with Gasteiger partial charge in [-0.15, -0.1) is 0 Å². The van der Waals surface area contributed by atoms with Crippen molar-refractivity contribution in [1.82, 2.24) is 4.31 Å². The molecule has 0 aromatic heterocycles. The van der Waals surface area contributed by atoms with Crippen molar-refractivity contribution in [2.45, 2.75) is 46.5 Å². The molecule has 19 heavy (non-hydrogen) atoms. The van der Waals surface area contributed by atoms with E-state index in [2.05, 4.69) is 0 Å². The highest BCUT2D eigenvalue weighted by Gasteiger charge is 2.31. The van der Waals surface area contributed by atoms with Crippen LogP contribution in [0.25, 0.3) is 0 Å². The fraction of sp³-hybridized carbons (Fsp3) is 0.923. The Morgan fingerprint density at radius 3 is 2.53 bits per heavy atom. The SMILES string of the molecule is CC(C)(C)CCS(=O)(=O)N1CCC(CCC(=O)O)C1. The number of hydrogen-bond acceptors (Lipinski definition) is 3. The summed E-state index contributed by atoms with van der Waals surface area (Å²) in [6.45, 7) is 7.11. The molecule has 1 unspecified atom stereocenters. The normalized spacial score (nSPS) is 21.7. The third kappa shape index (κ3) is 5.91. The van der Waals surface area contributed by atoms with E-state index in [4.69, 9.17) is 5.11 Å². The number of carboxylic acid groups (broad SMARTS) is 1. The molecule has 0 aromatic carbocycles. The van der Waals surface area contributed by atoms with Gasteiger partial charge in [0.15, 0.2) is 0 Å². The highest BCUT2D eigenvalue weighted by atomic mass is 32.2. The van der Waals surface area contributed by atoms with Crippen LogP contribution in [0.15, 0.2) is 0 Å². The zero-order valence-corrected chi connectivity index (χ0v) is 12.9. The molecule has 0 saturated carbocycles. The van der Waals surface area contributed by atoms with E-state index in [0.29, 0.717) is 25.9 Å². The first-order valence-electron chi connectivity index (χ1n) is 6.80. The molecule has 0 bridgehead atoms. The van der Waals surface area contributed by atoms with E-state index >= 15 is 0 Å². The van der Waals surface area contributed by atoms with E-state index in [9.17, 15) is 13.2 Å². The van der Waals surface area contributed by atoms with E-state index in [0.717, 1.165) is 6.42 Å². The maximum Gasteiger partial charge on any atom is 0.303 e. The third-order valence-corrected chi connectivity index (χ3v) is 5.36. The molecule has 0 spiro atoms. The van der Waals surface area contributed by atoms with Crippen molar-refractivity contribution < 1.29 is 18.3 Å². The van der Waals surface area contributed by atoms with Gasteiger partial charge < -0.3 is 5.11 Å². The Kier molecular flexibility index (Phi) is 5.38. The molecule has 1 rings (SSSR count). The first kappa shape index (κ1) is 16.4. The minimum atomic E-state index is -3.18. The summed E-state index contributed by atoms with van der Waals surface area (Å²) in [5.41, 5.74) is 0.00943. The smallest absolute Gasteiger partial charge is 0.303 e. The van der Waals surface area contributed by atoms with Crippen molar-refractivity contribution in [1.29, 1.82) is 0 Å². The Morgan fingerprint density at radius 1 is 1.37 bits per heavy atom. The van der Waals surface area contributed by atoms with Crippen molar-refractivity contribution in [3.05, 3.63) is 0 Å². The number of rotatable bonds is 6. The maximum absolute atomic E-state index is 12.2. The van der Waals surface area contributed by atoms with Crippen molar-refractivity contribution >= 4 is 16.0 Å². The van der Waals surface area contributed by atoms with Gasteiger partial charge in [0, 0.05) is 19.5 Å². The predicted molar refractivity (Wildman–Crippen MR) is 74.4 cm³/mol. The summed E-state index contributed by atoms with van der Waals surface area (Å²) in [7, 11) is -3.18. The summed E-state index contributed by atoms with van der Waals surface area (Å²) in [5.74, 6) is -0.433. The number of nitrogens with zero attached hydrogens (tertiary/aromatic N) is 1. The number of carbonyl (C=O) groups is 1. The zero-order valence-electron chi connectivity index (χ0n) is 12.1. The van der Waals surface area contributed by atoms with Gasteiger partial charge in [0.25, 0.3) is 0 Å². The van der Waals surface area contributed by atoms with Crippen LogP contribution in [-0.4, -0.2) is 42.6 Å². The van der Waals surface area contributed by atoms with E-state index in [-0.39, 0.29) is 23.5 Å². The molecule has 0 aliphatic carbocycles. The monoisotopic (exact) mass is 291 g/mol. The van der Waals surface area contributed by atoms with Crippen molar-refractivity contribution in [3.8, 4) is 0 Å². The van der Waals surface area contributed by atoms with Gasteiger partial charge in [-0.2, -0.15) is 0 Å². The highest BCUT2D eigenvalue weighted by Crippen LogP contribution is 2.26. The van der Waals surface area contributed by atoms with Crippen molar-refractivity contribution in [2.75, 3.05) is 18.8 Å². The number of hydrogen-bond donors (Lipinski definition) is 1. The molecule has 1 atom stereocenters. The van der Waals surface area contributed by atoms with Gasteiger partial charge in [0.05, 0.1) is 5.75 Å². The summed E-state index contributed by atoms with van der Waals surface area (Å²) in [5, 5.41) is 8.64. The Bertz CT molecular complexity index is 411. The lowest BCUT2D eigenvalue weighted by Gasteiger charge is -2.21. The lowest BCUT2D eigenvalue weighted by Crippen LogP contribution is -2.32. The largest absolute Gasteiger partial charge is 0.481 e. The molecule has 1 heterocycles. The minimum absolute atomic E-state index is 0.00943. The Balaban J connectivity index is 2.46. The van der Waals surface area contributed by atoms with Crippen LogP contribution >= 0.6 is 0 Å². The lowest BCUT2D eigenvalue weighted by molar-refractivity contribution is -0.137. The summed E-state index contributed by atoms with van der Waals surface area (Å²) < 4.78 is 25.9. The molecule has 1 aliphatic rings. The molecule has 1 saturated heterocycles. The first-order chi connectivity index (χ1) is 8.60. The van der Waals surface area contributed by atoms with Crippen LogP contribution < -0.4 is 0 Å². The molecule has 0 aromatic rings. The summed E-state index contributed by atoms with van der Waals surface area (Å²) in [4.78, 5) is 10.5. The second-order valence-corrected chi connectivity index (χ2v) is 8.66. The fourth-order valence-corrected chi connectivity index (χ4v) is 4.13. The van der Waals surface area contributed by atoms with Crippen LogP contribution in [0.3, 0.4) is 0 Å². The van der Waals surface area contributed by atoms with Gasteiger partial charge in [0.1, 0.15) is 0 Å². The standard InChI is InChI=1S/C13H25NO4S/c1-13(2,3)7-9-19(17,18)14-8-6-11(10-14)4-5-12(15)16/h11H,4-10H2,1-3H3,(H,15,16). The van der Waals surface area contributed by atoms with E-state index < -0.39 is 16.0 Å². The number of carboxylic acids is 1. The number of aliphatic carboxylic acids is 1. The van der Waals surface area contributed by atoms with Gasteiger partial charge in [0.2, 0.25) is 10.0 Å². The molecule has 112 valence electrons. The molecule has 0 amide bonds. The molecule has 1 fully saturated rings. The molecule has 6 heteroatoms. The number of sulfonamides is 1. The average Bonchev–Trinajstić information content (AvgIpc) is 2.72. The van der Waals surface area contributed by atoms with Crippen LogP contribution in [0, 0.1) is 11.3 Å². The van der Waals surface area contributed by atoms with Crippen molar-refractivity contribution in [3.63, 3.8) is 0 Å². The van der Waals surface area contributed by atoms with Gasteiger partial charge in [-0.25, -0.2) is 12.7 Å². The summed E-state index contributed by atoms with van der Waals surface area (Å²) in [6.07, 6.45) is 2.12. The summed E-state index contributed by atoms with van der Waals surface area (Å²) in [6, 6.07) is 0. The van der Waals surface area contributed by atoms with E-state index in [1.165, 1.54) is 4.31 Å². The molecule has 1 aliphatic heterocycles. The Labute approximate surface area is 116 Å². The Morgan fingerprint density at radius 2 is 2.00 bits per heavy atom. The second-order valence-electron chi connectivity index (χ2n) is 6.57. The molecule has 5 nitrogen and oxygen atoms in total. The third-order valence-electron chi connectivity index (χ3n) is 3.52. The highest BCUT2D eigenvalue weighted by molar-refractivity contribution is 7.89. The molecular formula is C13H25NO4S. The van der Waals surface area contributed by atoms with Crippen LogP contribution in [0.5, 0.6) is 0 Å². The van der Waals surface area contributed by atoms with Crippen LogP contribution in [0.1, 0.15) is 46.5 Å². The fourth-order valence-electron chi connectivity index (χ4n) is 2.18. The zero-order chi connectivity index (χ0) is 14.7. The Hall–Kier alpha value is -0.620. The van der Waals surface area contributed by atoms with Crippen molar-refractivity contribution in [2.24, 2.45) is 11.3 Å². The van der Waals surface area contributed by atoms with Gasteiger partial charge in [-0.1, -0.05) is 20.8 Å². The lowest BCUT2D eigenvalue weighted by atomic mass is 9.94. The maximum atomic E-state index is 12.2. The topological polar surface area (TPSA) is 74.7 Å². The first-order valence-corrected chi connectivity index (χ1v) is 8.41. The molecular weight excluding hydrogens is 266 g/mol. The van der Waals surface area contributed by atoms with E-state index in [1.807, 2.05) is 20.8 Å². The molecule has 1 N–H and O–H groups in total. The molecule has 0 radical (unpaired) electrons. The van der Waals surface area contributed by atoms with Gasteiger partial charge in [-0.3, -0.25) is 4.79 Å². The predicted octanol–water partition coefficient (Wildman–Crippen LogP) is 1.94. The van der Waals surface area contributed by atoms with Gasteiger partial charge in [-0.05, 0) is 30.6 Å². The average molecular weight is 291 g/mol. The van der Waals surface area contributed by atoms with Crippen LogP contribution in [-0.2, 0) is 14.8 Å². The summed E-state index contributed by atoms with van der Waals surface area (Å²) >= 11 is 0. The van der Waals surface area contributed by atoms with Crippen LogP contribution in [0.2, 0.25) is 0 Å². The quantitative estimate of drug-likeness (QED) is 0.811. The van der Waals surface area contributed by atoms with Gasteiger partial charge >= 0.3 is 5.97 Å².